The molecule has 0 fully saturated rings. The van der Waals surface area contributed by atoms with Crippen LogP contribution < -0.4 is 0 Å². The van der Waals surface area contributed by atoms with Gasteiger partial charge in [-0.25, -0.2) is 4.98 Å². The Labute approximate surface area is 356 Å². The molecule has 2 nitrogen and oxygen atoms in total. The zero-order chi connectivity index (χ0) is 40.5. The molecule has 0 saturated carbocycles. The second-order valence-corrected chi connectivity index (χ2v) is 15.6. The minimum Gasteiger partial charge on any atom is -0.309 e. The van der Waals surface area contributed by atoms with Gasteiger partial charge in [0, 0.05) is 27.6 Å². The van der Waals surface area contributed by atoms with E-state index in [1.165, 1.54) is 55.3 Å². The normalized spacial score (nSPS) is 11.3. The maximum atomic E-state index is 5.35. The first-order valence-corrected chi connectivity index (χ1v) is 20.9. The summed E-state index contributed by atoms with van der Waals surface area (Å²) in [4.78, 5) is 5.35. The van der Waals surface area contributed by atoms with Gasteiger partial charge in [-0.2, -0.15) is 0 Å². The molecule has 0 radical (unpaired) electrons. The van der Waals surface area contributed by atoms with Gasteiger partial charge in [0.2, 0.25) is 0 Å². The number of hydrogen-bond donors (Lipinski definition) is 0. The molecule has 0 bridgehead atoms. The lowest BCUT2D eigenvalue weighted by Gasteiger charge is -2.14. The minimum atomic E-state index is 0.924. The average Bonchev–Trinajstić information content (AvgIpc) is 3.68. The summed E-state index contributed by atoms with van der Waals surface area (Å²) in [6.45, 7) is 0. The number of nitrogens with zero attached hydrogens (tertiary/aromatic N) is 2. The fourth-order valence-corrected chi connectivity index (χ4v) is 8.72. The van der Waals surface area contributed by atoms with Crippen molar-refractivity contribution in [2.45, 2.75) is 0 Å². The van der Waals surface area contributed by atoms with Crippen molar-refractivity contribution in [2.24, 2.45) is 0 Å². The number of benzene rings is 9. The fraction of sp³-hybridized carbons (Fsp3) is 0. The summed E-state index contributed by atoms with van der Waals surface area (Å²) in [6, 6.07) is 87.2. The molecule has 61 heavy (non-hydrogen) atoms. The summed E-state index contributed by atoms with van der Waals surface area (Å²) in [6.07, 6.45) is 0. The summed E-state index contributed by atoms with van der Waals surface area (Å²) in [5.41, 5.74) is 19.3. The highest BCUT2D eigenvalue weighted by molar-refractivity contribution is 6.11. The van der Waals surface area contributed by atoms with E-state index in [9.17, 15) is 0 Å². The van der Waals surface area contributed by atoms with Crippen LogP contribution >= 0.6 is 0 Å². The molecule has 286 valence electrons. The number of aromatic nitrogens is 2. The van der Waals surface area contributed by atoms with Crippen LogP contribution in [0.25, 0.3) is 106 Å². The summed E-state index contributed by atoms with van der Waals surface area (Å²) < 4.78 is 2.41. The van der Waals surface area contributed by atoms with E-state index >= 15 is 0 Å². The van der Waals surface area contributed by atoms with Gasteiger partial charge < -0.3 is 4.57 Å². The molecular weight excluding hydrogens is 737 g/mol. The van der Waals surface area contributed by atoms with Crippen molar-refractivity contribution in [3.63, 3.8) is 0 Å². The van der Waals surface area contributed by atoms with Gasteiger partial charge in [-0.15, -0.1) is 0 Å². The summed E-state index contributed by atoms with van der Waals surface area (Å²) in [7, 11) is 0. The lowest BCUT2D eigenvalue weighted by molar-refractivity contribution is 1.18. The Morgan fingerprint density at radius 3 is 1.08 bits per heavy atom. The Morgan fingerprint density at radius 2 is 0.590 bits per heavy atom. The highest BCUT2D eigenvalue weighted by atomic mass is 15.0. The highest BCUT2D eigenvalue weighted by Crippen LogP contribution is 2.39. The van der Waals surface area contributed by atoms with Crippen LogP contribution in [0, 0.1) is 0 Å². The van der Waals surface area contributed by atoms with Crippen molar-refractivity contribution in [2.75, 3.05) is 0 Å². The smallest absolute Gasteiger partial charge is 0.0716 e. The van der Waals surface area contributed by atoms with Gasteiger partial charge in [0.15, 0.2) is 0 Å². The van der Waals surface area contributed by atoms with E-state index in [0.29, 0.717) is 0 Å². The van der Waals surface area contributed by atoms with E-state index < -0.39 is 0 Å². The molecule has 0 aliphatic heterocycles. The van der Waals surface area contributed by atoms with Gasteiger partial charge in [-0.3, -0.25) is 0 Å². The number of fused-ring (bicyclic) bond motifs is 3. The van der Waals surface area contributed by atoms with Gasteiger partial charge in [0.1, 0.15) is 0 Å². The SMILES string of the molecule is c1ccc(-c2cccc(-c3cccc(-c4cc(-c5ccccc5)nc(-c5cccc(-n6c7ccc(-c8ccccc8)cc7c7cc(-c8ccccc8)ccc76)c5)c4)c3)c2)cc1. The van der Waals surface area contributed by atoms with E-state index in [1.807, 2.05) is 0 Å². The van der Waals surface area contributed by atoms with Crippen molar-refractivity contribution < 1.29 is 0 Å². The lowest BCUT2D eigenvalue weighted by atomic mass is 9.95. The summed E-state index contributed by atoms with van der Waals surface area (Å²) >= 11 is 0. The molecule has 2 heteroatoms. The predicted molar refractivity (Wildman–Crippen MR) is 257 cm³/mol. The van der Waals surface area contributed by atoms with Crippen LogP contribution in [-0.2, 0) is 0 Å². The van der Waals surface area contributed by atoms with Crippen LogP contribution in [0.1, 0.15) is 0 Å². The molecule has 2 aromatic heterocycles. The minimum absolute atomic E-state index is 0.924. The molecule has 0 N–H and O–H groups in total. The van der Waals surface area contributed by atoms with Crippen molar-refractivity contribution in [3.05, 3.63) is 243 Å². The first-order chi connectivity index (χ1) is 30.2. The van der Waals surface area contributed by atoms with Crippen LogP contribution in [-0.4, -0.2) is 9.55 Å². The molecule has 0 aliphatic carbocycles. The van der Waals surface area contributed by atoms with Gasteiger partial charge in [-0.1, -0.05) is 182 Å². The standard InChI is InChI=1S/C59H40N2/c1-5-16-41(17-6-1)45-24-13-25-46(34-45)47-26-14-27-48(35-47)52-39-56(44-22-11-4-12-23-44)60-57(40-52)51-28-15-29-53(36-51)61-58-32-30-49(42-18-7-2-8-19-42)37-54(58)55-38-50(31-33-59(55)61)43-20-9-3-10-21-43/h1-40H. The maximum Gasteiger partial charge on any atom is 0.0716 e. The maximum absolute atomic E-state index is 5.35. The van der Waals surface area contributed by atoms with Crippen LogP contribution in [0.15, 0.2) is 243 Å². The number of rotatable bonds is 8. The molecule has 9 aromatic carbocycles. The van der Waals surface area contributed by atoms with Gasteiger partial charge in [-0.05, 0) is 116 Å². The van der Waals surface area contributed by atoms with Crippen molar-refractivity contribution in [3.8, 4) is 83.8 Å². The Hall–Kier alpha value is -8.07. The zero-order valence-electron chi connectivity index (χ0n) is 33.5. The van der Waals surface area contributed by atoms with Gasteiger partial charge in [0.05, 0.1) is 22.4 Å². The van der Waals surface area contributed by atoms with Gasteiger partial charge >= 0.3 is 0 Å². The third-order valence-corrected chi connectivity index (χ3v) is 11.8. The van der Waals surface area contributed by atoms with E-state index in [2.05, 4.69) is 247 Å². The van der Waals surface area contributed by atoms with E-state index in [0.717, 1.165) is 50.4 Å². The molecule has 11 rings (SSSR count). The van der Waals surface area contributed by atoms with Crippen LogP contribution in [0.2, 0.25) is 0 Å². The van der Waals surface area contributed by atoms with Crippen LogP contribution in [0.3, 0.4) is 0 Å². The summed E-state index contributed by atoms with van der Waals surface area (Å²) in [5, 5.41) is 2.44. The monoisotopic (exact) mass is 776 g/mol. The van der Waals surface area contributed by atoms with Crippen molar-refractivity contribution >= 4 is 21.8 Å². The fourth-order valence-electron chi connectivity index (χ4n) is 8.72. The predicted octanol–water partition coefficient (Wildman–Crippen LogP) is 15.8. The Morgan fingerprint density at radius 1 is 0.230 bits per heavy atom. The third kappa shape index (κ3) is 7.01. The second-order valence-electron chi connectivity index (χ2n) is 15.6. The van der Waals surface area contributed by atoms with Gasteiger partial charge in [0.25, 0.3) is 0 Å². The molecule has 0 atom stereocenters. The van der Waals surface area contributed by atoms with E-state index in [4.69, 9.17) is 4.98 Å². The van der Waals surface area contributed by atoms with Crippen LogP contribution in [0.4, 0.5) is 0 Å². The largest absolute Gasteiger partial charge is 0.309 e. The number of pyridine rings is 1. The molecule has 2 heterocycles. The molecule has 0 spiro atoms. The molecule has 0 saturated heterocycles. The van der Waals surface area contributed by atoms with Crippen molar-refractivity contribution in [1.82, 2.24) is 9.55 Å². The summed E-state index contributed by atoms with van der Waals surface area (Å²) in [5.74, 6) is 0. The molecule has 11 aromatic rings. The quantitative estimate of drug-likeness (QED) is 0.150. The molecule has 0 aliphatic rings. The van der Waals surface area contributed by atoms with E-state index in [1.54, 1.807) is 0 Å². The Bertz CT molecular complexity index is 3230. The molecule has 0 amide bonds. The first kappa shape index (κ1) is 36.0. The highest BCUT2D eigenvalue weighted by Gasteiger charge is 2.17. The van der Waals surface area contributed by atoms with E-state index in [-0.39, 0.29) is 0 Å². The average molecular weight is 777 g/mol. The Kier molecular flexibility index (Phi) is 9.22. The lowest BCUT2D eigenvalue weighted by Crippen LogP contribution is -1.96. The van der Waals surface area contributed by atoms with Crippen LogP contribution in [0.5, 0.6) is 0 Å². The first-order valence-electron chi connectivity index (χ1n) is 20.9. The number of hydrogen-bond acceptors (Lipinski definition) is 1. The molecule has 0 unspecified atom stereocenters. The van der Waals surface area contributed by atoms with Crippen molar-refractivity contribution in [1.29, 1.82) is 0 Å². The zero-order valence-corrected chi connectivity index (χ0v) is 33.5. The Balaban J connectivity index is 1.05. The molecular formula is C59H40N2. The third-order valence-electron chi connectivity index (χ3n) is 11.8. The topological polar surface area (TPSA) is 17.8 Å². The second kappa shape index (κ2) is 15.6.